The zero-order valence-corrected chi connectivity index (χ0v) is 8.81. The molecule has 0 radical (unpaired) electrons. The summed E-state index contributed by atoms with van der Waals surface area (Å²) in [7, 11) is 0. The minimum absolute atomic E-state index is 0.0677. The lowest BCUT2D eigenvalue weighted by atomic mass is 10.0. The molecule has 1 aromatic heterocycles. The molecule has 0 unspecified atom stereocenters. The van der Waals surface area contributed by atoms with Gasteiger partial charge in [0.2, 0.25) is 0 Å². The zero-order chi connectivity index (χ0) is 11.5. The van der Waals surface area contributed by atoms with Crippen LogP contribution in [0.15, 0.2) is 30.6 Å². The lowest BCUT2D eigenvalue weighted by Crippen LogP contribution is -1.92. The van der Waals surface area contributed by atoms with Crippen LogP contribution in [-0.4, -0.2) is 9.78 Å². The van der Waals surface area contributed by atoms with Crippen molar-refractivity contribution in [2.75, 3.05) is 0 Å². The number of benzene rings is 1. The van der Waals surface area contributed by atoms with Gasteiger partial charge in [-0.05, 0) is 13.0 Å². The van der Waals surface area contributed by atoms with Gasteiger partial charge in [-0.3, -0.25) is 4.68 Å². The Hall–Kier alpha value is -2.15. The van der Waals surface area contributed by atoms with Crippen molar-refractivity contribution < 1.29 is 4.39 Å². The molecule has 0 spiro atoms. The largest absolute Gasteiger partial charge is 0.272 e. The highest BCUT2D eigenvalue weighted by Crippen LogP contribution is 2.24. The van der Waals surface area contributed by atoms with Gasteiger partial charge in [-0.25, -0.2) is 4.39 Å². The van der Waals surface area contributed by atoms with E-state index in [1.807, 2.05) is 13.0 Å². The van der Waals surface area contributed by atoms with E-state index in [1.165, 1.54) is 6.07 Å². The second-order valence-corrected chi connectivity index (χ2v) is 3.36. The molecule has 0 bridgehead atoms. The van der Waals surface area contributed by atoms with Crippen molar-refractivity contribution in [1.29, 1.82) is 5.26 Å². The molecule has 2 aromatic rings. The summed E-state index contributed by atoms with van der Waals surface area (Å²) in [4.78, 5) is 0. The molecule has 1 aromatic carbocycles. The van der Waals surface area contributed by atoms with E-state index >= 15 is 0 Å². The van der Waals surface area contributed by atoms with Crippen molar-refractivity contribution in [2.45, 2.75) is 13.5 Å². The zero-order valence-electron chi connectivity index (χ0n) is 8.81. The van der Waals surface area contributed by atoms with E-state index in [0.29, 0.717) is 5.56 Å². The van der Waals surface area contributed by atoms with Crippen molar-refractivity contribution in [1.82, 2.24) is 9.78 Å². The Balaban J connectivity index is 2.56. The van der Waals surface area contributed by atoms with E-state index in [4.69, 9.17) is 5.26 Å². The average Bonchev–Trinajstić information content (AvgIpc) is 2.77. The first kappa shape index (κ1) is 10.4. The molecule has 0 fully saturated rings. The number of nitriles is 1. The molecule has 0 atom stereocenters. The number of halogens is 1. The maximum atomic E-state index is 13.4. The van der Waals surface area contributed by atoms with Crippen molar-refractivity contribution in [3.05, 3.63) is 42.0 Å². The minimum atomic E-state index is -0.496. The Bertz CT molecular complexity index is 552. The van der Waals surface area contributed by atoms with Crippen LogP contribution in [0.2, 0.25) is 0 Å². The monoisotopic (exact) mass is 215 g/mol. The van der Waals surface area contributed by atoms with Crippen molar-refractivity contribution in [3.63, 3.8) is 0 Å². The third-order valence-electron chi connectivity index (χ3n) is 2.39. The van der Waals surface area contributed by atoms with E-state index in [0.717, 1.165) is 12.1 Å². The van der Waals surface area contributed by atoms with E-state index in [9.17, 15) is 4.39 Å². The summed E-state index contributed by atoms with van der Waals surface area (Å²) in [5.74, 6) is -0.496. The van der Waals surface area contributed by atoms with Gasteiger partial charge in [0.05, 0.1) is 11.8 Å². The van der Waals surface area contributed by atoms with Gasteiger partial charge in [-0.1, -0.05) is 12.1 Å². The summed E-state index contributed by atoms with van der Waals surface area (Å²) in [5, 5.41) is 13.0. The highest BCUT2D eigenvalue weighted by Gasteiger charge is 2.10. The number of nitrogens with zero attached hydrogens (tertiary/aromatic N) is 3. The molecule has 0 saturated heterocycles. The Kier molecular flexibility index (Phi) is 2.69. The first-order valence-electron chi connectivity index (χ1n) is 4.97. The van der Waals surface area contributed by atoms with Crippen LogP contribution in [0.1, 0.15) is 12.5 Å². The number of hydrogen-bond donors (Lipinski definition) is 0. The minimum Gasteiger partial charge on any atom is -0.272 e. The molecule has 0 aliphatic carbocycles. The molecular weight excluding hydrogens is 205 g/mol. The Morgan fingerprint density at radius 3 is 2.94 bits per heavy atom. The molecular formula is C12H10FN3. The second kappa shape index (κ2) is 4.15. The maximum absolute atomic E-state index is 13.4. The molecule has 0 amide bonds. The van der Waals surface area contributed by atoms with Gasteiger partial charge >= 0.3 is 0 Å². The van der Waals surface area contributed by atoms with E-state index in [2.05, 4.69) is 5.10 Å². The summed E-state index contributed by atoms with van der Waals surface area (Å²) < 4.78 is 15.1. The van der Waals surface area contributed by atoms with E-state index in [-0.39, 0.29) is 5.56 Å². The van der Waals surface area contributed by atoms with Crippen LogP contribution in [0, 0.1) is 17.1 Å². The molecule has 16 heavy (non-hydrogen) atoms. The standard InChI is InChI=1S/C12H10FN3/c1-2-16-8-9(7-15-16)10-4-3-5-12(13)11(10)6-14/h3-5,7-8H,2H2,1H3. The fraction of sp³-hybridized carbons (Fsp3) is 0.167. The van der Waals surface area contributed by atoms with E-state index in [1.54, 1.807) is 29.2 Å². The molecule has 0 N–H and O–H groups in total. The Morgan fingerprint density at radius 2 is 2.31 bits per heavy atom. The van der Waals surface area contributed by atoms with Crippen LogP contribution in [-0.2, 0) is 6.54 Å². The highest BCUT2D eigenvalue weighted by molar-refractivity contribution is 5.69. The lowest BCUT2D eigenvalue weighted by Gasteiger charge is -2.01. The van der Waals surface area contributed by atoms with Crippen LogP contribution >= 0.6 is 0 Å². The quantitative estimate of drug-likeness (QED) is 0.772. The fourth-order valence-corrected chi connectivity index (χ4v) is 1.55. The summed E-state index contributed by atoms with van der Waals surface area (Å²) in [6, 6.07) is 6.47. The number of hydrogen-bond acceptors (Lipinski definition) is 2. The third kappa shape index (κ3) is 1.68. The predicted molar refractivity (Wildman–Crippen MR) is 58.0 cm³/mol. The lowest BCUT2D eigenvalue weighted by molar-refractivity contribution is 0.624. The normalized spacial score (nSPS) is 10.1. The first-order chi connectivity index (χ1) is 7.76. The van der Waals surface area contributed by atoms with Gasteiger partial charge in [0, 0.05) is 23.9 Å². The molecule has 4 heteroatoms. The molecule has 1 heterocycles. The van der Waals surface area contributed by atoms with Crippen LogP contribution in [0.5, 0.6) is 0 Å². The van der Waals surface area contributed by atoms with Crippen molar-refractivity contribution in [3.8, 4) is 17.2 Å². The van der Waals surface area contributed by atoms with Crippen molar-refractivity contribution in [2.24, 2.45) is 0 Å². The smallest absolute Gasteiger partial charge is 0.141 e. The number of aryl methyl sites for hydroxylation is 1. The molecule has 0 aliphatic heterocycles. The van der Waals surface area contributed by atoms with Crippen LogP contribution < -0.4 is 0 Å². The molecule has 0 aliphatic rings. The number of aromatic nitrogens is 2. The first-order valence-corrected chi connectivity index (χ1v) is 4.97. The van der Waals surface area contributed by atoms with Gasteiger partial charge in [0.15, 0.2) is 0 Å². The van der Waals surface area contributed by atoms with Gasteiger partial charge in [-0.15, -0.1) is 0 Å². The van der Waals surface area contributed by atoms with Crippen LogP contribution in [0.4, 0.5) is 4.39 Å². The second-order valence-electron chi connectivity index (χ2n) is 3.36. The average molecular weight is 215 g/mol. The Morgan fingerprint density at radius 1 is 1.50 bits per heavy atom. The van der Waals surface area contributed by atoms with Crippen LogP contribution in [0.25, 0.3) is 11.1 Å². The summed E-state index contributed by atoms with van der Waals surface area (Å²) in [5.41, 5.74) is 1.42. The van der Waals surface area contributed by atoms with Crippen LogP contribution in [0.3, 0.4) is 0 Å². The molecule has 2 rings (SSSR count). The highest BCUT2D eigenvalue weighted by atomic mass is 19.1. The molecule has 3 nitrogen and oxygen atoms in total. The van der Waals surface area contributed by atoms with Gasteiger partial charge in [0.25, 0.3) is 0 Å². The number of rotatable bonds is 2. The molecule has 0 saturated carbocycles. The fourth-order valence-electron chi connectivity index (χ4n) is 1.55. The summed E-state index contributed by atoms with van der Waals surface area (Å²) >= 11 is 0. The summed E-state index contributed by atoms with van der Waals surface area (Å²) in [6.45, 7) is 2.71. The van der Waals surface area contributed by atoms with E-state index < -0.39 is 5.82 Å². The summed E-state index contributed by atoms with van der Waals surface area (Å²) in [6.07, 6.45) is 3.44. The van der Waals surface area contributed by atoms with Gasteiger partial charge in [-0.2, -0.15) is 10.4 Å². The van der Waals surface area contributed by atoms with Crippen molar-refractivity contribution >= 4 is 0 Å². The topological polar surface area (TPSA) is 41.6 Å². The van der Waals surface area contributed by atoms with Gasteiger partial charge in [0.1, 0.15) is 11.9 Å². The SMILES string of the molecule is CCn1cc(-c2cccc(F)c2C#N)cn1. The third-order valence-corrected chi connectivity index (χ3v) is 2.39. The maximum Gasteiger partial charge on any atom is 0.141 e. The molecule has 80 valence electrons. The predicted octanol–water partition coefficient (Wildman–Crippen LogP) is 2.58. The Labute approximate surface area is 92.7 Å². The van der Waals surface area contributed by atoms with Gasteiger partial charge < -0.3 is 0 Å².